The molecule has 0 aromatic heterocycles. The van der Waals surface area contributed by atoms with Crippen LogP contribution in [0.5, 0.6) is 5.75 Å². The molecule has 5 heteroatoms. The summed E-state index contributed by atoms with van der Waals surface area (Å²) in [5.41, 5.74) is 9.41. The van der Waals surface area contributed by atoms with Crippen LogP contribution in [0.3, 0.4) is 0 Å². The lowest BCUT2D eigenvalue weighted by molar-refractivity contribution is 0.307. The van der Waals surface area contributed by atoms with E-state index in [1.54, 1.807) is 0 Å². The number of hydrogen-bond acceptors (Lipinski definition) is 4. The van der Waals surface area contributed by atoms with Crippen molar-refractivity contribution in [2.75, 3.05) is 26.2 Å². The van der Waals surface area contributed by atoms with Crippen molar-refractivity contribution in [2.45, 2.75) is 32.2 Å². The van der Waals surface area contributed by atoms with Crippen LogP contribution in [0.4, 0.5) is 0 Å². The second-order valence-corrected chi connectivity index (χ2v) is 5.91. The monoisotopic (exact) mass is 311 g/mol. The van der Waals surface area contributed by atoms with E-state index in [9.17, 15) is 0 Å². The van der Waals surface area contributed by atoms with Gasteiger partial charge in [0.25, 0.3) is 0 Å². The second kappa shape index (κ2) is 7.99. The molecule has 0 spiro atoms. The van der Waals surface area contributed by atoms with E-state index in [0.717, 1.165) is 32.0 Å². The molecule has 1 aliphatic heterocycles. The first-order chi connectivity index (χ1) is 9.83. The van der Waals surface area contributed by atoms with Crippen molar-refractivity contribution >= 4 is 12.4 Å². The van der Waals surface area contributed by atoms with Gasteiger partial charge in [0, 0.05) is 31.6 Å². The molecule has 3 N–H and O–H groups in total. The van der Waals surface area contributed by atoms with Crippen molar-refractivity contribution in [3.8, 4) is 5.75 Å². The second-order valence-electron chi connectivity index (χ2n) is 5.91. The molecule has 1 aromatic rings. The maximum Gasteiger partial charge on any atom is 0.119 e. The van der Waals surface area contributed by atoms with Gasteiger partial charge in [-0.3, -0.25) is 10.9 Å². The average molecular weight is 312 g/mol. The lowest BCUT2D eigenvalue weighted by atomic mass is 10.0. The quantitative estimate of drug-likeness (QED) is 0.700. The molecule has 1 aromatic carbocycles. The van der Waals surface area contributed by atoms with E-state index in [1.807, 2.05) is 0 Å². The van der Waals surface area contributed by atoms with Gasteiger partial charge in [-0.25, -0.2) is 0 Å². The topological polar surface area (TPSA) is 45.3 Å². The highest BCUT2D eigenvalue weighted by Crippen LogP contribution is 2.25. The van der Waals surface area contributed by atoms with Gasteiger partial charge in [0.05, 0.1) is 0 Å². The predicted molar refractivity (Wildman–Crippen MR) is 88.2 cm³/mol. The minimum absolute atomic E-state index is 0. The lowest BCUT2D eigenvalue weighted by Crippen LogP contribution is -2.34. The lowest BCUT2D eigenvalue weighted by Gasteiger charge is -2.14. The van der Waals surface area contributed by atoms with Gasteiger partial charge in [-0.05, 0) is 49.4 Å². The van der Waals surface area contributed by atoms with Crippen LogP contribution in [0.25, 0.3) is 0 Å². The van der Waals surface area contributed by atoms with Gasteiger partial charge < -0.3 is 10.1 Å². The number of hydrazine groups is 1. The number of benzene rings is 1. The Labute approximate surface area is 133 Å². The Morgan fingerprint density at radius 3 is 2.95 bits per heavy atom. The largest absolute Gasteiger partial charge is 0.492 e. The number of fused-ring (bicyclic) bond motifs is 1. The molecule has 1 saturated heterocycles. The van der Waals surface area contributed by atoms with Crippen LogP contribution in [0.2, 0.25) is 0 Å². The third kappa shape index (κ3) is 4.33. The summed E-state index contributed by atoms with van der Waals surface area (Å²) in [7, 11) is 0. The minimum atomic E-state index is 0. The molecule has 0 saturated carbocycles. The highest BCUT2D eigenvalue weighted by atomic mass is 35.5. The molecule has 1 heterocycles. The molecular formula is C16H26ClN3O. The molecule has 2 aliphatic rings. The van der Waals surface area contributed by atoms with Gasteiger partial charge in [-0.15, -0.1) is 12.4 Å². The number of nitrogens with one attached hydrogen (secondary N) is 3. The first-order valence-corrected chi connectivity index (χ1v) is 7.76. The highest BCUT2D eigenvalue weighted by Gasteiger charge is 2.21. The van der Waals surface area contributed by atoms with Crippen LogP contribution in [0.15, 0.2) is 18.2 Å². The summed E-state index contributed by atoms with van der Waals surface area (Å²) >= 11 is 0. The first-order valence-electron chi connectivity index (χ1n) is 7.76. The average Bonchev–Trinajstić information content (AvgIpc) is 3.07. The molecule has 21 heavy (non-hydrogen) atoms. The molecule has 1 fully saturated rings. The Morgan fingerprint density at radius 2 is 2.14 bits per heavy atom. The van der Waals surface area contributed by atoms with Crippen molar-refractivity contribution < 1.29 is 4.74 Å². The summed E-state index contributed by atoms with van der Waals surface area (Å²) in [6.45, 7) is 5.93. The SMILES string of the molecule is CC1NNCC1CNCCOc1ccc2c(c1)CCC2.Cl. The molecule has 0 radical (unpaired) electrons. The smallest absolute Gasteiger partial charge is 0.119 e. The van der Waals surface area contributed by atoms with E-state index in [1.165, 1.54) is 30.4 Å². The van der Waals surface area contributed by atoms with Gasteiger partial charge in [0.15, 0.2) is 0 Å². The fourth-order valence-corrected chi connectivity index (χ4v) is 3.06. The Morgan fingerprint density at radius 1 is 1.29 bits per heavy atom. The van der Waals surface area contributed by atoms with E-state index in [-0.39, 0.29) is 12.4 Å². The number of hydrogen-bond donors (Lipinski definition) is 3. The molecule has 0 amide bonds. The van der Waals surface area contributed by atoms with Crippen LogP contribution in [-0.4, -0.2) is 32.3 Å². The maximum atomic E-state index is 5.83. The Hall–Kier alpha value is -0.810. The van der Waals surface area contributed by atoms with Crippen LogP contribution in [0.1, 0.15) is 24.5 Å². The van der Waals surface area contributed by atoms with Crippen molar-refractivity contribution in [3.05, 3.63) is 29.3 Å². The third-order valence-corrected chi connectivity index (χ3v) is 4.43. The molecule has 3 rings (SSSR count). The van der Waals surface area contributed by atoms with Crippen LogP contribution in [0, 0.1) is 5.92 Å². The Kier molecular flexibility index (Phi) is 6.30. The highest BCUT2D eigenvalue weighted by molar-refractivity contribution is 5.85. The summed E-state index contributed by atoms with van der Waals surface area (Å²) in [4.78, 5) is 0. The molecule has 118 valence electrons. The van der Waals surface area contributed by atoms with E-state index in [2.05, 4.69) is 41.3 Å². The zero-order chi connectivity index (χ0) is 13.8. The van der Waals surface area contributed by atoms with Crippen LogP contribution < -0.4 is 20.9 Å². The summed E-state index contributed by atoms with van der Waals surface area (Å²) in [5, 5.41) is 3.48. The Bertz CT molecular complexity index is 455. The standard InChI is InChI=1S/C16H25N3O.ClH/c1-12-15(11-18-19-12)10-17-7-8-20-16-6-5-13-3-2-4-14(13)9-16;/h5-6,9,12,15,17-19H,2-4,7-8,10-11H2,1H3;1H. The van der Waals surface area contributed by atoms with Gasteiger partial charge in [-0.2, -0.15) is 0 Å². The van der Waals surface area contributed by atoms with E-state index in [0.29, 0.717) is 12.0 Å². The number of aryl methyl sites for hydroxylation is 2. The zero-order valence-corrected chi connectivity index (χ0v) is 13.5. The molecule has 2 atom stereocenters. The Balaban J connectivity index is 0.00000161. The summed E-state index contributed by atoms with van der Waals surface area (Å²) in [5.74, 6) is 1.68. The fraction of sp³-hybridized carbons (Fsp3) is 0.625. The van der Waals surface area contributed by atoms with Crippen LogP contribution in [-0.2, 0) is 12.8 Å². The zero-order valence-electron chi connectivity index (χ0n) is 12.7. The van der Waals surface area contributed by atoms with Crippen molar-refractivity contribution in [1.29, 1.82) is 0 Å². The molecule has 4 nitrogen and oxygen atoms in total. The van der Waals surface area contributed by atoms with E-state index in [4.69, 9.17) is 4.74 Å². The first kappa shape index (κ1) is 16.6. The number of halogens is 1. The third-order valence-electron chi connectivity index (χ3n) is 4.43. The van der Waals surface area contributed by atoms with Gasteiger partial charge in [0.1, 0.15) is 12.4 Å². The fourth-order valence-electron chi connectivity index (χ4n) is 3.06. The van der Waals surface area contributed by atoms with Gasteiger partial charge in [0.2, 0.25) is 0 Å². The van der Waals surface area contributed by atoms with Gasteiger partial charge >= 0.3 is 0 Å². The summed E-state index contributed by atoms with van der Waals surface area (Å²) < 4.78 is 5.83. The minimum Gasteiger partial charge on any atom is -0.492 e. The maximum absolute atomic E-state index is 5.83. The van der Waals surface area contributed by atoms with Crippen molar-refractivity contribution in [1.82, 2.24) is 16.2 Å². The number of rotatable bonds is 6. The molecule has 1 aliphatic carbocycles. The normalized spacial score (nSPS) is 23.7. The van der Waals surface area contributed by atoms with Crippen molar-refractivity contribution in [2.24, 2.45) is 5.92 Å². The van der Waals surface area contributed by atoms with Gasteiger partial charge in [-0.1, -0.05) is 6.07 Å². The molecule has 0 bridgehead atoms. The van der Waals surface area contributed by atoms with Crippen LogP contribution >= 0.6 is 12.4 Å². The predicted octanol–water partition coefficient (Wildman–Crippen LogP) is 1.68. The summed E-state index contributed by atoms with van der Waals surface area (Å²) in [6.07, 6.45) is 3.74. The van der Waals surface area contributed by atoms with E-state index >= 15 is 0 Å². The number of ether oxygens (including phenoxy) is 1. The summed E-state index contributed by atoms with van der Waals surface area (Å²) in [6, 6.07) is 7.09. The molecular weight excluding hydrogens is 286 g/mol. The van der Waals surface area contributed by atoms with Crippen molar-refractivity contribution in [3.63, 3.8) is 0 Å². The van der Waals surface area contributed by atoms with E-state index < -0.39 is 0 Å². The molecule has 2 unspecified atom stereocenters.